The maximum atomic E-state index is 13.7. The first-order chi connectivity index (χ1) is 69.8. The molecule has 0 aliphatic heterocycles. The van der Waals surface area contributed by atoms with Gasteiger partial charge in [-0.1, -0.05) is 78.9 Å². The molecule has 143 heavy (non-hydrogen) atoms. The molecule has 10 aromatic heterocycles. The zero-order chi connectivity index (χ0) is 98.8. The Morgan fingerprint density at radius 2 is 0.559 bits per heavy atom. The van der Waals surface area contributed by atoms with Crippen LogP contribution in [0.3, 0.4) is 0 Å². The maximum Gasteiger partial charge on any atom is 0.337 e. The number of fused-ring (bicyclic) bond motifs is 4. The molecule has 700 valence electrons. The standard InChI is InChI=1S/C30H24N4O2.C29H23N5O3.C28H21FN4O.C28H21N5O3/c1-20(35)24-6-11-28-27(19-24)29(14-17-32-28)33-25-9-4-23(5-10-25)30(36)34-26-7-2-21(3-8-26)18-22-12-15-31-16-13-22;1-37-29(36)21-4-8-25-24(17-21)26(12-15-31-25)34-27-9-5-22(18-32-27)28(35)33-23-6-2-19(3-7-23)16-20-10-13-30-14-11-20;29-22-9-12-25-24(17-22)26(14-15-30-25)33-27-13-8-21(18-31-27)28(34)32-23-10-6-20(7-11-23)16-19-4-2-1-3-5-19;34-27(32-22-5-1-18(2-6-22)15-19-9-12-29-13-10-19)21-4-8-26(31-17-21)33-25-11-14-30-24-7-3-20(28(35)36)16-23(24)25/h2-17,19H,18H2,1H3,(H,32,33)(H,34,36);2-15,17-18H,16H2,1H3,(H,33,35)(H,31,32,34);1-15,17-18H,16H2,(H,32,34)(H,30,31,33);1-14,16-17H,15H2,(H,32,34)(H,35,36)(H,30,31,33). The Balaban J connectivity index is 0.000000131. The molecule has 0 atom stereocenters. The van der Waals surface area contributed by atoms with Gasteiger partial charge in [0.05, 0.1) is 74.1 Å². The Labute approximate surface area is 820 Å². The van der Waals surface area contributed by atoms with Crippen LogP contribution in [0.15, 0.2) is 402 Å². The van der Waals surface area contributed by atoms with E-state index in [1.54, 1.807) is 178 Å². The van der Waals surface area contributed by atoms with Crippen molar-refractivity contribution in [2.75, 3.05) is 49.6 Å². The van der Waals surface area contributed by atoms with E-state index < -0.39 is 11.9 Å². The summed E-state index contributed by atoms with van der Waals surface area (Å²) in [6, 6.07) is 97.7. The van der Waals surface area contributed by atoms with Gasteiger partial charge in [0, 0.05) is 147 Å². The lowest BCUT2D eigenvalue weighted by atomic mass is 10.0. The minimum absolute atomic E-state index is 0.00505. The number of anilines is 12. The Morgan fingerprint density at radius 1 is 0.273 bits per heavy atom. The number of nitrogens with zero attached hydrogens (tertiary/aromatic N) is 10. The first-order valence-electron chi connectivity index (χ1n) is 45.2. The van der Waals surface area contributed by atoms with Crippen LogP contribution in [0.2, 0.25) is 0 Å². The molecule has 20 rings (SSSR count). The van der Waals surface area contributed by atoms with Gasteiger partial charge in [-0.3, -0.25) is 58.9 Å². The van der Waals surface area contributed by atoms with Crippen molar-refractivity contribution in [2.24, 2.45) is 0 Å². The number of carboxylic acid groups (broad SMARTS) is 1. The number of rotatable bonds is 27. The van der Waals surface area contributed by atoms with Crippen molar-refractivity contribution in [3.05, 3.63) is 491 Å². The maximum absolute atomic E-state index is 13.7. The number of benzene rings is 10. The third-order valence-corrected chi connectivity index (χ3v) is 22.9. The summed E-state index contributed by atoms with van der Waals surface area (Å²) in [5.41, 5.74) is 21.9. The van der Waals surface area contributed by atoms with Crippen LogP contribution in [0, 0.1) is 5.82 Å². The highest BCUT2D eigenvalue weighted by Gasteiger charge is 2.18. The second kappa shape index (κ2) is 45.8. The number of pyridine rings is 10. The Bertz CT molecular complexity index is 7700. The third-order valence-electron chi connectivity index (χ3n) is 22.9. The monoisotopic (exact) mass is 1880 g/mol. The number of methoxy groups -OCH3 is 1. The summed E-state index contributed by atoms with van der Waals surface area (Å²) in [7, 11) is 1.34. The summed E-state index contributed by atoms with van der Waals surface area (Å²) in [5.74, 6) is -1.10. The molecule has 0 aliphatic rings. The Hall–Kier alpha value is -19.6. The number of amides is 4. The molecule has 27 nitrogen and oxygen atoms in total. The highest BCUT2D eigenvalue weighted by molar-refractivity contribution is 6.08. The number of ketones is 1. The van der Waals surface area contributed by atoms with Crippen LogP contribution < -0.4 is 42.5 Å². The highest BCUT2D eigenvalue weighted by Crippen LogP contribution is 2.33. The lowest BCUT2D eigenvalue weighted by molar-refractivity contribution is 0.0599. The number of halogens is 1. The van der Waals surface area contributed by atoms with Crippen molar-refractivity contribution in [1.29, 1.82) is 0 Å². The van der Waals surface area contributed by atoms with E-state index in [1.807, 2.05) is 182 Å². The first kappa shape index (κ1) is 95.1. The van der Waals surface area contributed by atoms with Crippen molar-refractivity contribution >= 4 is 154 Å². The zero-order valence-corrected chi connectivity index (χ0v) is 77.0. The van der Waals surface area contributed by atoms with Crippen LogP contribution in [0.25, 0.3) is 43.6 Å². The number of carbonyl (C=O) groups is 7. The topological polar surface area (TPSA) is 374 Å². The number of esters is 1. The van der Waals surface area contributed by atoms with E-state index in [9.17, 15) is 43.1 Å². The molecule has 28 heteroatoms. The van der Waals surface area contributed by atoms with Crippen molar-refractivity contribution in [1.82, 2.24) is 49.8 Å². The summed E-state index contributed by atoms with van der Waals surface area (Å²) >= 11 is 0. The van der Waals surface area contributed by atoms with Gasteiger partial charge in [-0.2, -0.15) is 0 Å². The molecular weight excluding hydrogens is 1800 g/mol. The molecule has 20 aromatic rings. The predicted octanol–water partition coefficient (Wildman–Crippen LogP) is 23.5. The lowest BCUT2D eigenvalue weighted by Gasteiger charge is -2.11. The molecule has 0 spiro atoms. The molecule has 0 aliphatic carbocycles. The van der Waals surface area contributed by atoms with Crippen LogP contribution in [0.5, 0.6) is 0 Å². The summed E-state index contributed by atoms with van der Waals surface area (Å²) in [6.07, 6.45) is 25.1. The second-order valence-corrected chi connectivity index (χ2v) is 32.9. The fraction of sp³-hybridized carbons (Fsp3) is 0.0522. The highest BCUT2D eigenvalue weighted by atomic mass is 19.1. The fourth-order valence-corrected chi connectivity index (χ4v) is 15.3. The van der Waals surface area contributed by atoms with Crippen molar-refractivity contribution in [2.45, 2.75) is 32.6 Å². The zero-order valence-electron chi connectivity index (χ0n) is 77.0. The van der Waals surface area contributed by atoms with Gasteiger partial charge in [-0.15, -0.1) is 0 Å². The summed E-state index contributed by atoms with van der Waals surface area (Å²) in [5, 5.41) is 36.8. The van der Waals surface area contributed by atoms with Gasteiger partial charge >= 0.3 is 11.9 Å². The van der Waals surface area contributed by atoms with Gasteiger partial charge in [-0.05, 0) is 320 Å². The van der Waals surface area contributed by atoms with E-state index in [-0.39, 0.29) is 40.8 Å². The molecule has 0 radical (unpaired) electrons. The molecule has 0 saturated carbocycles. The summed E-state index contributed by atoms with van der Waals surface area (Å²) < 4.78 is 18.5. The fourth-order valence-electron chi connectivity index (χ4n) is 15.3. The second-order valence-electron chi connectivity index (χ2n) is 32.9. The SMILES string of the molecule is CC(=O)c1ccc2nccc(Nc3ccc(C(=O)Nc4ccc(Cc5ccncc5)cc4)cc3)c2c1.COC(=O)c1ccc2nccc(Nc3ccc(C(=O)Nc4ccc(Cc5ccncc5)cc4)cn3)c2c1.O=C(Nc1ccc(Cc2ccccc2)cc1)c1ccc(Nc2ccnc3ccc(F)cc23)nc1.O=C(O)c1ccc2nccc(Nc3ccc(C(=O)Nc4ccc(Cc5ccncc5)cc4)cn3)c2c1. The average molecular weight is 1890 g/mol. The van der Waals surface area contributed by atoms with E-state index in [4.69, 9.17) is 4.74 Å². The summed E-state index contributed by atoms with van der Waals surface area (Å²) in [6.45, 7) is 1.55. The molecule has 0 saturated heterocycles. The largest absolute Gasteiger partial charge is 0.478 e. The van der Waals surface area contributed by atoms with Gasteiger partial charge in [-0.25, -0.2) is 28.9 Å². The summed E-state index contributed by atoms with van der Waals surface area (Å²) in [4.78, 5) is 128. The van der Waals surface area contributed by atoms with Gasteiger partial charge < -0.3 is 52.4 Å². The van der Waals surface area contributed by atoms with Crippen LogP contribution in [-0.2, 0) is 30.4 Å². The Morgan fingerprint density at radius 3 is 0.902 bits per heavy atom. The number of aromatic nitrogens is 10. The first-order valence-corrected chi connectivity index (χ1v) is 45.2. The number of carbonyl (C=O) groups excluding carboxylic acids is 6. The number of nitrogens with one attached hydrogen (secondary N) is 8. The van der Waals surface area contributed by atoms with Crippen LogP contribution >= 0.6 is 0 Å². The van der Waals surface area contributed by atoms with Crippen LogP contribution in [0.4, 0.5) is 73.0 Å². The molecule has 4 amide bonds. The average Bonchev–Trinajstić information content (AvgIpc) is 0.809. The van der Waals surface area contributed by atoms with Gasteiger partial charge in [0.15, 0.2) is 5.78 Å². The molecule has 0 bridgehead atoms. The number of hydrogen-bond acceptors (Lipinski definition) is 22. The van der Waals surface area contributed by atoms with Crippen molar-refractivity contribution < 1.29 is 47.8 Å². The number of carboxylic acids is 1. The molecule has 0 unspecified atom stereocenters. The van der Waals surface area contributed by atoms with E-state index in [1.165, 1.54) is 71.7 Å². The molecule has 9 N–H and O–H groups in total. The van der Waals surface area contributed by atoms with Gasteiger partial charge in [0.1, 0.15) is 23.3 Å². The molecule has 0 fully saturated rings. The van der Waals surface area contributed by atoms with Crippen LogP contribution in [-0.4, -0.2) is 103 Å². The minimum Gasteiger partial charge on any atom is -0.478 e. The number of aromatic carboxylic acids is 1. The van der Waals surface area contributed by atoms with Crippen molar-refractivity contribution in [3.8, 4) is 0 Å². The van der Waals surface area contributed by atoms with E-state index in [2.05, 4.69) is 105 Å². The van der Waals surface area contributed by atoms with Gasteiger partial charge in [0.25, 0.3) is 23.6 Å². The number of hydrogen-bond donors (Lipinski definition) is 9. The lowest BCUT2D eigenvalue weighted by Crippen LogP contribution is -2.12. The number of Topliss-reactive ketones (excluding diaryl/α,β-unsaturated/α-hetero) is 1. The smallest absolute Gasteiger partial charge is 0.337 e. The van der Waals surface area contributed by atoms with Crippen LogP contribution in [0.1, 0.15) is 124 Å². The minimum atomic E-state index is -1.01. The van der Waals surface area contributed by atoms with Crippen molar-refractivity contribution in [3.63, 3.8) is 0 Å². The third kappa shape index (κ3) is 25.8. The van der Waals surface area contributed by atoms with E-state index >= 15 is 0 Å². The quantitative estimate of drug-likeness (QED) is 0.0170. The van der Waals surface area contributed by atoms with E-state index in [0.717, 1.165) is 86.9 Å². The Kier molecular flexibility index (Phi) is 30.5. The predicted molar refractivity (Wildman–Crippen MR) is 555 cm³/mol. The molecule has 10 aromatic carbocycles. The molecular formula is C115H89FN18O9. The molecule has 10 heterocycles. The van der Waals surface area contributed by atoms with E-state index in [0.29, 0.717) is 101 Å². The van der Waals surface area contributed by atoms with Gasteiger partial charge in [0.2, 0.25) is 0 Å². The number of ether oxygens (including phenoxy) is 1. The normalized spacial score (nSPS) is 10.7.